The number of anilines is 1. The van der Waals surface area contributed by atoms with E-state index in [1.54, 1.807) is 30.3 Å². The summed E-state index contributed by atoms with van der Waals surface area (Å²) < 4.78 is 12.3. The van der Waals surface area contributed by atoms with Gasteiger partial charge in [-0.25, -0.2) is 0 Å². The number of rotatable bonds is 8. The van der Waals surface area contributed by atoms with Crippen molar-refractivity contribution in [2.45, 2.75) is 40.2 Å². The summed E-state index contributed by atoms with van der Waals surface area (Å²) in [4.78, 5) is 29.6. The number of ether oxygens (including phenoxy) is 2. The first-order valence-electron chi connectivity index (χ1n) is 10.9. The highest BCUT2D eigenvalue weighted by Gasteiger charge is 2.39. The predicted octanol–water partition coefficient (Wildman–Crippen LogP) is 5.59. The maximum Gasteiger partial charge on any atom is 0.270 e. The summed E-state index contributed by atoms with van der Waals surface area (Å²) in [5, 5.41) is 0.187. The first kappa shape index (κ1) is 24.9. The highest BCUT2D eigenvalue weighted by molar-refractivity contribution is 9.10. The van der Waals surface area contributed by atoms with Gasteiger partial charge in [0.2, 0.25) is 0 Å². The molecule has 2 aromatic carbocycles. The van der Waals surface area contributed by atoms with Crippen LogP contribution in [0.15, 0.2) is 52.5 Å². The van der Waals surface area contributed by atoms with Crippen molar-refractivity contribution in [2.75, 3.05) is 18.1 Å². The zero-order chi connectivity index (χ0) is 24.1. The molecule has 0 N–H and O–H groups in total. The molecule has 8 heteroatoms. The van der Waals surface area contributed by atoms with Gasteiger partial charge >= 0.3 is 0 Å². The van der Waals surface area contributed by atoms with Gasteiger partial charge in [-0.1, -0.05) is 25.1 Å². The SMILES string of the molecule is CCCN1C(=O)/C(=C\c2cc(Br)c(OC(C)C)c(OCC)c2)C(=O)N(c2ccccc2)C1=S. The number of thiocarbonyl (C=S) groups is 1. The van der Waals surface area contributed by atoms with Crippen molar-refractivity contribution >= 4 is 56.8 Å². The van der Waals surface area contributed by atoms with Gasteiger partial charge in [0.15, 0.2) is 16.6 Å². The van der Waals surface area contributed by atoms with Gasteiger partial charge in [-0.15, -0.1) is 0 Å². The molecule has 0 aromatic heterocycles. The number of carbonyl (C=O) groups excluding carboxylic acids is 2. The molecular weight excluding hydrogens is 504 g/mol. The molecule has 0 saturated carbocycles. The summed E-state index contributed by atoms with van der Waals surface area (Å²) in [7, 11) is 0. The predicted molar refractivity (Wildman–Crippen MR) is 138 cm³/mol. The lowest BCUT2D eigenvalue weighted by Gasteiger charge is -2.36. The zero-order valence-electron chi connectivity index (χ0n) is 19.1. The number of benzene rings is 2. The Morgan fingerprint density at radius 1 is 1.09 bits per heavy atom. The average molecular weight is 531 g/mol. The van der Waals surface area contributed by atoms with Gasteiger partial charge in [0.25, 0.3) is 11.8 Å². The molecule has 3 rings (SSSR count). The van der Waals surface area contributed by atoms with Crippen molar-refractivity contribution < 1.29 is 19.1 Å². The van der Waals surface area contributed by atoms with Crippen LogP contribution in [0.3, 0.4) is 0 Å². The Labute approximate surface area is 208 Å². The smallest absolute Gasteiger partial charge is 0.270 e. The second-order valence-corrected chi connectivity index (χ2v) is 8.92. The van der Waals surface area contributed by atoms with Crippen molar-refractivity contribution in [3.8, 4) is 11.5 Å². The maximum absolute atomic E-state index is 13.5. The lowest BCUT2D eigenvalue weighted by molar-refractivity contribution is -0.127. The quantitative estimate of drug-likeness (QED) is 0.253. The largest absolute Gasteiger partial charge is 0.490 e. The van der Waals surface area contributed by atoms with Crippen molar-refractivity contribution in [1.82, 2.24) is 4.90 Å². The first-order chi connectivity index (χ1) is 15.8. The highest BCUT2D eigenvalue weighted by Crippen LogP contribution is 2.38. The topological polar surface area (TPSA) is 59.1 Å². The molecular formula is C25H27BrN2O4S. The van der Waals surface area contributed by atoms with E-state index >= 15 is 0 Å². The Bertz CT molecular complexity index is 1090. The number of hydrogen-bond donors (Lipinski definition) is 0. The Kier molecular flexibility index (Phi) is 8.26. The molecule has 33 heavy (non-hydrogen) atoms. The number of hydrogen-bond acceptors (Lipinski definition) is 5. The third kappa shape index (κ3) is 5.45. The molecule has 1 aliphatic rings. The molecule has 2 amide bonds. The van der Waals surface area contributed by atoms with E-state index in [1.165, 1.54) is 9.80 Å². The Hall–Kier alpha value is -2.71. The third-order valence-corrected chi connectivity index (χ3v) is 5.78. The molecule has 1 aliphatic heterocycles. The van der Waals surface area contributed by atoms with Gasteiger partial charge in [0, 0.05) is 6.54 Å². The van der Waals surface area contributed by atoms with E-state index in [0.717, 1.165) is 0 Å². The van der Waals surface area contributed by atoms with Crippen LogP contribution in [0.2, 0.25) is 0 Å². The van der Waals surface area contributed by atoms with Gasteiger partial charge in [0.1, 0.15) is 5.57 Å². The zero-order valence-corrected chi connectivity index (χ0v) is 21.5. The molecule has 1 saturated heterocycles. The van der Waals surface area contributed by atoms with E-state index in [1.807, 2.05) is 45.9 Å². The average Bonchev–Trinajstić information content (AvgIpc) is 2.77. The van der Waals surface area contributed by atoms with Crippen molar-refractivity contribution in [1.29, 1.82) is 0 Å². The molecule has 174 valence electrons. The molecule has 0 radical (unpaired) electrons. The fourth-order valence-electron chi connectivity index (χ4n) is 3.45. The van der Waals surface area contributed by atoms with E-state index in [9.17, 15) is 9.59 Å². The van der Waals surface area contributed by atoms with E-state index in [4.69, 9.17) is 21.7 Å². The van der Waals surface area contributed by atoms with E-state index in [0.29, 0.717) is 46.8 Å². The summed E-state index contributed by atoms with van der Waals surface area (Å²) in [5.41, 5.74) is 1.28. The van der Waals surface area contributed by atoms with Crippen LogP contribution in [0, 0.1) is 0 Å². The van der Waals surface area contributed by atoms with Crippen LogP contribution in [0.25, 0.3) is 6.08 Å². The Morgan fingerprint density at radius 2 is 1.79 bits per heavy atom. The van der Waals surface area contributed by atoms with Crippen LogP contribution >= 0.6 is 28.1 Å². The van der Waals surface area contributed by atoms with Gasteiger partial charge in [-0.2, -0.15) is 0 Å². The summed E-state index contributed by atoms with van der Waals surface area (Å²) >= 11 is 9.08. The minimum absolute atomic E-state index is 0.0350. The molecule has 1 fully saturated rings. The van der Waals surface area contributed by atoms with E-state index in [2.05, 4.69) is 15.9 Å². The fourth-order valence-corrected chi connectivity index (χ4v) is 4.37. The number of nitrogens with zero attached hydrogens (tertiary/aromatic N) is 2. The van der Waals surface area contributed by atoms with Crippen molar-refractivity contribution in [3.63, 3.8) is 0 Å². The maximum atomic E-state index is 13.5. The van der Waals surface area contributed by atoms with Gasteiger partial charge in [-0.05, 0) is 91.2 Å². The number of carbonyl (C=O) groups is 2. The minimum Gasteiger partial charge on any atom is -0.490 e. The number of amides is 2. The van der Waals surface area contributed by atoms with E-state index in [-0.39, 0.29) is 16.8 Å². The number of para-hydroxylation sites is 1. The molecule has 6 nitrogen and oxygen atoms in total. The Balaban J connectivity index is 2.11. The van der Waals surface area contributed by atoms with Gasteiger partial charge in [-0.3, -0.25) is 19.4 Å². The van der Waals surface area contributed by atoms with Crippen LogP contribution in [0.4, 0.5) is 5.69 Å². The summed E-state index contributed by atoms with van der Waals surface area (Å²) in [6.07, 6.45) is 2.24. The molecule has 0 aliphatic carbocycles. The lowest BCUT2D eigenvalue weighted by Crippen LogP contribution is -2.56. The summed E-state index contributed by atoms with van der Waals surface area (Å²) in [5.74, 6) is 0.245. The molecule has 0 bridgehead atoms. The normalized spacial score (nSPS) is 15.6. The van der Waals surface area contributed by atoms with Crippen LogP contribution in [0.5, 0.6) is 11.5 Å². The second kappa shape index (κ2) is 10.9. The molecule has 0 unspecified atom stereocenters. The first-order valence-corrected chi connectivity index (χ1v) is 12.1. The van der Waals surface area contributed by atoms with Crippen LogP contribution in [-0.2, 0) is 9.59 Å². The lowest BCUT2D eigenvalue weighted by atomic mass is 10.0. The molecule has 1 heterocycles. The second-order valence-electron chi connectivity index (χ2n) is 7.70. The standard InChI is InChI=1S/C25H27BrN2O4S/c1-5-12-27-23(29)19(24(30)28(25(27)33)18-10-8-7-9-11-18)13-17-14-20(26)22(32-16(3)4)21(15-17)31-6-2/h7-11,13-16H,5-6,12H2,1-4H3/b19-13+. The number of halogens is 1. The van der Waals surface area contributed by atoms with E-state index < -0.39 is 11.8 Å². The van der Waals surface area contributed by atoms with Crippen LogP contribution in [0.1, 0.15) is 39.7 Å². The van der Waals surface area contributed by atoms with Gasteiger partial charge in [0.05, 0.1) is 22.9 Å². The van der Waals surface area contributed by atoms with Crippen molar-refractivity contribution in [2.24, 2.45) is 0 Å². The fraction of sp³-hybridized carbons (Fsp3) is 0.320. The van der Waals surface area contributed by atoms with Gasteiger partial charge < -0.3 is 9.47 Å². The third-order valence-electron chi connectivity index (χ3n) is 4.79. The molecule has 0 spiro atoms. The monoisotopic (exact) mass is 530 g/mol. The molecule has 2 aromatic rings. The van der Waals surface area contributed by atoms with Crippen molar-refractivity contribution in [3.05, 3.63) is 58.1 Å². The van der Waals surface area contributed by atoms with Crippen LogP contribution < -0.4 is 14.4 Å². The summed E-state index contributed by atoms with van der Waals surface area (Å²) in [6.45, 7) is 8.57. The molecule has 0 atom stereocenters. The van der Waals surface area contributed by atoms with Crippen LogP contribution in [-0.4, -0.2) is 41.1 Å². The highest BCUT2D eigenvalue weighted by atomic mass is 79.9. The minimum atomic E-state index is -0.458. The Morgan fingerprint density at radius 3 is 2.39 bits per heavy atom. The summed E-state index contributed by atoms with van der Waals surface area (Å²) in [6, 6.07) is 12.7.